The Balaban J connectivity index is 2.35. The first-order valence-electron chi connectivity index (χ1n) is 5.32. The molecule has 0 heterocycles. The van der Waals surface area contributed by atoms with Gasteiger partial charge < -0.3 is 10.6 Å². The van der Waals surface area contributed by atoms with Crippen LogP contribution in [0.1, 0.15) is 20.8 Å². The van der Waals surface area contributed by atoms with Gasteiger partial charge in [-0.05, 0) is 54.9 Å². The van der Waals surface area contributed by atoms with E-state index in [0.717, 1.165) is 28.3 Å². The van der Waals surface area contributed by atoms with Crippen molar-refractivity contribution in [3.8, 4) is 0 Å². The lowest BCUT2D eigenvalue weighted by molar-refractivity contribution is 0.435. The Morgan fingerprint density at radius 3 is 2.50 bits per heavy atom. The number of hydrogen-bond acceptors (Lipinski definition) is 2. The van der Waals surface area contributed by atoms with E-state index in [-0.39, 0.29) is 5.54 Å². The van der Waals surface area contributed by atoms with E-state index in [1.54, 1.807) is 0 Å². The first-order valence-corrected chi connectivity index (χ1v) is 6.49. The summed E-state index contributed by atoms with van der Waals surface area (Å²) in [7, 11) is 0. The maximum Gasteiger partial charge on any atom is 0.0549 e. The van der Waals surface area contributed by atoms with Crippen LogP contribution in [-0.2, 0) is 0 Å². The fraction of sp³-hybridized carbons (Fsp3) is 0.500. The third-order valence-electron chi connectivity index (χ3n) is 2.03. The van der Waals surface area contributed by atoms with Crippen molar-refractivity contribution in [2.24, 2.45) is 0 Å². The van der Waals surface area contributed by atoms with E-state index in [1.807, 2.05) is 18.2 Å². The molecule has 1 rings (SSSR count). The predicted molar refractivity (Wildman–Crippen MR) is 75.4 cm³/mol. The standard InChI is InChI=1S/C12H18BrClN2/c1-12(2,3)16-7-6-15-9-4-5-11(14)10(13)8-9/h4-5,8,15-16H,6-7H2,1-3H3. The van der Waals surface area contributed by atoms with Crippen molar-refractivity contribution in [2.45, 2.75) is 26.3 Å². The molecule has 2 nitrogen and oxygen atoms in total. The molecular weight excluding hydrogens is 288 g/mol. The highest BCUT2D eigenvalue weighted by atomic mass is 79.9. The highest BCUT2D eigenvalue weighted by Gasteiger charge is 2.07. The number of rotatable bonds is 4. The Morgan fingerprint density at radius 2 is 1.94 bits per heavy atom. The molecule has 0 radical (unpaired) electrons. The Labute approximate surface area is 111 Å². The van der Waals surface area contributed by atoms with E-state index in [1.165, 1.54) is 0 Å². The fourth-order valence-electron chi connectivity index (χ4n) is 1.25. The first kappa shape index (κ1) is 13.8. The summed E-state index contributed by atoms with van der Waals surface area (Å²) in [6.07, 6.45) is 0. The third-order valence-corrected chi connectivity index (χ3v) is 3.24. The topological polar surface area (TPSA) is 24.1 Å². The molecule has 0 aliphatic rings. The number of benzene rings is 1. The lowest BCUT2D eigenvalue weighted by Crippen LogP contribution is -2.38. The van der Waals surface area contributed by atoms with Crippen molar-refractivity contribution >= 4 is 33.2 Å². The minimum atomic E-state index is 0.169. The van der Waals surface area contributed by atoms with Crippen molar-refractivity contribution in [1.82, 2.24) is 5.32 Å². The number of halogens is 2. The second-order valence-electron chi connectivity index (χ2n) is 4.73. The number of anilines is 1. The second-order valence-corrected chi connectivity index (χ2v) is 5.99. The Hall–Kier alpha value is -0.250. The molecule has 1 aromatic carbocycles. The first-order chi connectivity index (χ1) is 7.38. The minimum Gasteiger partial charge on any atom is -0.384 e. The lowest BCUT2D eigenvalue weighted by atomic mass is 10.1. The average Bonchev–Trinajstić information content (AvgIpc) is 2.17. The van der Waals surface area contributed by atoms with Gasteiger partial charge in [-0.15, -0.1) is 0 Å². The molecule has 0 bridgehead atoms. The molecule has 0 aromatic heterocycles. The summed E-state index contributed by atoms with van der Waals surface area (Å²) in [6, 6.07) is 5.84. The van der Waals surface area contributed by atoms with Crippen LogP contribution >= 0.6 is 27.5 Å². The maximum absolute atomic E-state index is 5.91. The molecule has 0 spiro atoms. The van der Waals surface area contributed by atoms with Gasteiger partial charge in [0.2, 0.25) is 0 Å². The van der Waals surface area contributed by atoms with Gasteiger partial charge in [-0.2, -0.15) is 0 Å². The molecule has 0 saturated heterocycles. The molecule has 0 unspecified atom stereocenters. The van der Waals surface area contributed by atoms with Crippen molar-refractivity contribution in [3.05, 3.63) is 27.7 Å². The average molecular weight is 306 g/mol. The Bertz CT molecular complexity index is 347. The SMILES string of the molecule is CC(C)(C)NCCNc1ccc(Cl)c(Br)c1. The van der Waals surface area contributed by atoms with Gasteiger partial charge in [-0.3, -0.25) is 0 Å². The molecule has 0 atom stereocenters. The van der Waals surface area contributed by atoms with Crippen LogP contribution in [0.3, 0.4) is 0 Å². The summed E-state index contributed by atoms with van der Waals surface area (Å²) in [5.41, 5.74) is 1.24. The molecule has 1 aromatic rings. The van der Waals surface area contributed by atoms with Crippen LogP contribution in [0.25, 0.3) is 0 Å². The quantitative estimate of drug-likeness (QED) is 0.824. The van der Waals surface area contributed by atoms with Gasteiger partial charge in [0.25, 0.3) is 0 Å². The van der Waals surface area contributed by atoms with Gasteiger partial charge in [-0.25, -0.2) is 0 Å². The summed E-state index contributed by atoms with van der Waals surface area (Å²) in [5.74, 6) is 0. The summed E-state index contributed by atoms with van der Waals surface area (Å²) in [6.45, 7) is 8.30. The summed E-state index contributed by atoms with van der Waals surface area (Å²) >= 11 is 9.31. The highest BCUT2D eigenvalue weighted by molar-refractivity contribution is 9.10. The summed E-state index contributed by atoms with van der Waals surface area (Å²) in [4.78, 5) is 0. The molecule has 0 fully saturated rings. The smallest absolute Gasteiger partial charge is 0.0549 e. The van der Waals surface area contributed by atoms with Gasteiger partial charge in [0.15, 0.2) is 0 Å². The monoisotopic (exact) mass is 304 g/mol. The van der Waals surface area contributed by atoms with E-state index >= 15 is 0 Å². The summed E-state index contributed by atoms with van der Waals surface area (Å²) in [5, 5.41) is 7.49. The number of nitrogens with one attached hydrogen (secondary N) is 2. The Morgan fingerprint density at radius 1 is 1.25 bits per heavy atom. The zero-order chi connectivity index (χ0) is 12.2. The maximum atomic E-state index is 5.91. The molecule has 0 aliphatic heterocycles. The van der Waals surface area contributed by atoms with Gasteiger partial charge >= 0.3 is 0 Å². The van der Waals surface area contributed by atoms with Crippen LogP contribution in [-0.4, -0.2) is 18.6 Å². The Kier molecular flexibility index (Phi) is 5.09. The minimum absolute atomic E-state index is 0.169. The molecule has 0 saturated carbocycles. The molecule has 16 heavy (non-hydrogen) atoms. The molecule has 90 valence electrons. The van der Waals surface area contributed by atoms with Crippen molar-refractivity contribution in [2.75, 3.05) is 18.4 Å². The largest absolute Gasteiger partial charge is 0.384 e. The fourth-order valence-corrected chi connectivity index (χ4v) is 1.75. The predicted octanol–water partition coefficient (Wildman–Crippen LogP) is 3.90. The molecule has 2 N–H and O–H groups in total. The van der Waals surface area contributed by atoms with Crippen LogP contribution in [0.5, 0.6) is 0 Å². The molecule has 4 heteroatoms. The van der Waals surface area contributed by atoms with Crippen LogP contribution in [0.15, 0.2) is 22.7 Å². The van der Waals surface area contributed by atoms with E-state index in [2.05, 4.69) is 47.3 Å². The van der Waals surface area contributed by atoms with Crippen molar-refractivity contribution < 1.29 is 0 Å². The lowest BCUT2D eigenvalue weighted by Gasteiger charge is -2.20. The van der Waals surface area contributed by atoms with Crippen molar-refractivity contribution in [3.63, 3.8) is 0 Å². The molecule has 0 aliphatic carbocycles. The zero-order valence-electron chi connectivity index (χ0n) is 9.90. The van der Waals surface area contributed by atoms with Crippen molar-refractivity contribution in [1.29, 1.82) is 0 Å². The molecular formula is C12H18BrClN2. The summed E-state index contributed by atoms with van der Waals surface area (Å²) < 4.78 is 0.919. The van der Waals surface area contributed by atoms with Gasteiger partial charge in [0.05, 0.1) is 5.02 Å². The van der Waals surface area contributed by atoms with E-state index in [4.69, 9.17) is 11.6 Å². The highest BCUT2D eigenvalue weighted by Crippen LogP contribution is 2.25. The van der Waals surface area contributed by atoms with Crippen LogP contribution < -0.4 is 10.6 Å². The van der Waals surface area contributed by atoms with E-state index in [9.17, 15) is 0 Å². The van der Waals surface area contributed by atoms with Gasteiger partial charge in [-0.1, -0.05) is 11.6 Å². The van der Waals surface area contributed by atoms with Crippen LogP contribution in [0.4, 0.5) is 5.69 Å². The van der Waals surface area contributed by atoms with Crippen LogP contribution in [0.2, 0.25) is 5.02 Å². The zero-order valence-corrected chi connectivity index (χ0v) is 12.2. The molecule has 0 amide bonds. The van der Waals surface area contributed by atoms with Crippen LogP contribution in [0, 0.1) is 0 Å². The number of hydrogen-bond donors (Lipinski definition) is 2. The van der Waals surface area contributed by atoms with E-state index < -0.39 is 0 Å². The van der Waals surface area contributed by atoms with Gasteiger partial charge in [0.1, 0.15) is 0 Å². The second kappa shape index (κ2) is 5.89. The van der Waals surface area contributed by atoms with Gasteiger partial charge in [0, 0.05) is 28.8 Å². The third kappa shape index (κ3) is 5.19. The van der Waals surface area contributed by atoms with E-state index in [0.29, 0.717) is 0 Å². The normalized spacial score (nSPS) is 11.6.